The Morgan fingerprint density at radius 1 is 1.19 bits per heavy atom. The SMILES string of the molecule is CCn1cncc1Cn1cc(C)c(C)c1C. The third-order valence-corrected chi connectivity index (χ3v) is 3.39. The van der Waals surface area contributed by atoms with Crippen molar-refractivity contribution >= 4 is 0 Å². The van der Waals surface area contributed by atoms with Crippen LogP contribution in [0.3, 0.4) is 0 Å². The van der Waals surface area contributed by atoms with Gasteiger partial charge < -0.3 is 9.13 Å². The maximum Gasteiger partial charge on any atom is 0.0948 e. The largest absolute Gasteiger partial charge is 0.345 e. The standard InChI is InChI=1S/C13H19N3/c1-5-15-9-14-6-13(15)8-16-7-10(2)11(3)12(16)4/h6-7,9H,5,8H2,1-4H3. The van der Waals surface area contributed by atoms with E-state index in [1.54, 1.807) is 0 Å². The van der Waals surface area contributed by atoms with Gasteiger partial charge >= 0.3 is 0 Å². The molecule has 0 aliphatic carbocycles. The Kier molecular flexibility index (Phi) is 2.86. The summed E-state index contributed by atoms with van der Waals surface area (Å²) in [6.07, 6.45) is 6.07. The molecule has 0 N–H and O–H groups in total. The van der Waals surface area contributed by atoms with Gasteiger partial charge in [0.2, 0.25) is 0 Å². The van der Waals surface area contributed by atoms with E-state index in [0.717, 1.165) is 13.1 Å². The summed E-state index contributed by atoms with van der Waals surface area (Å²) in [5, 5.41) is 0. The molecule has 0 amide bonds. The van der Waals surface area contributed by atoms with Crippen LogP contribution >= 0.6 is 0 Å². The van der Waals surface area contributed by atoms with E-state index >= 15 is 0 Å². The van der Waals surface area contributed by atoms with Gasteiger partial charge in [0.05, 0.1) is 18.6 Å². The Morgan fingerprint density at radius 2 is 1.94 bits per heavy atom. The van der Waals surface area contributed by atoms with E-state index in [1.165, 1.54) is 22.5 Å². The fourth-order valence-electron chi connectivity index (χ4n) is 2.03. The molecule has 0 radical (unpaired) electrons. The van der Waals surface area contributed by atoms with Gasteiger partial charge in [-0.1, -0.05) is 0 Å². The Labute approximate surface area is 96.7 Å². The first-order valence-corrected chi connectivity index (χ1v) is 5.75. The lowest BCUT2D eigenvalue weighted by Crippen LogP contribution is -2.06. The maximum absolute atomic E-state index is 4.20. The Bertz CT molecular complexity index is 491. The fourth-order valence-corrected chi connectivity index (χ4v) is 2.03. The summed E-state index contributed by atoms with van der Waals surface area (Å²) < 4.78 is 4.48. The van der Waals surface area contributed by atoms with Crippen molar-refractivity contribution < 1.29 is 0 Å². The van der Waals surface area contributed by atoms with Crippen LogP contribution in [0.15, 0.2) is 18.7 Å². The van der Waals surface area contributed by atoms with Crippen LogP contribution < -0.4 is 0 Å². The molecule has 0 aromatic carbocycles. The molecule has 2 aromatic rings. The lowest BCUT2D eigenvalue weighted by Gasteiger charge is -2.08. The number of hydrogen-bond acceptors (Lipinski definition) is 1. The molecule has 0 atom stereocenters. The lowest BCUT2D eigenvalue weighted by atomic mass is 10.2. The fraction of sp³-hybridized carbons (Fsp3) is 0.462. The number of nitrogens with zero attached hydrogens (tertiary/aromatic N) is 3. The molecule has 2 rings (SSSR count). The van der Waals surface area contributed by atoms with Crippen LogP contribution in [0.5, 0.6) is 0 Å². The third kappa shape index (κ3) is 1.77. The van der Waals surface area contributed by atoms with Gasteiger partial charge in [-0.2, -0.15) is 0 Å². The molecule has 0 spiro atoms. The minimum atomic E-state index is 0.911. The van der Waals surface area contributed by atoms with Crippen LogP contribution in [-0.2, 0) is 13.1 Å². The molecule has 2 aromatic heterocycles. The van der Waals surface area contributed by atoms with Crippen molar-refractivity contribution in [3.8, 4) is 0 Å². The van der Waals surface area contributed by atoms with Gasteiger partial charge in [-0.3, -0.25) is 0 Å². The zero-order valence-corrected chi connectivity index (χ0v) is 10.5. The Balaban J connectivity index is 2.30. The highest BCUT2D eigenvalue weighted by molar-refractivity contribution is 5.29. The molecule has 3 heteroatoms. The van der Waals surface area contributed by atoms with Crippen molar-refractivity contribution in [3.63, 3.8) is 0 Å². The van der Waals surface area contributed by atoms with Crippen LogP contribution in [0.4, 0.5) is 0 Å². The predicted octanol–water partition coefficient (Wildman–Crippen LogP) is 2.68. The normalized spacial score (nSPS) is 11.0. The molecule has 3 nitrogen and oxygen atoms in total. The Morgan fingerprint density at radius 3 is 2.50 bits per heavy atom. The topological polar surface area (TPSA) is 22.8 Å². The molecule has 16 heavy (non-hydrogen) atoms. The van der Waals surface area contributed by atoms with Crippen molar-refractivity contribution in [2.45, 2.75) is 40.8 Å². The first-order chi connectivity index (χ1) is 7.63. The van der Waals surface area contributed by atoms with Crippen LogP contribution in [0, 0.1) is 20.8 Å². The number of aromatic nitrogens is 3. The smallest absolute Gasteiger partial charge is 0.0948 e. The highest BCUT2D eigenvalue weighted by Crippen LogP contribution is 2.16. The molecule has 2 heterocycles. The van der Waals surface area contributed by atoms with Crippen molar-refractivity contribution in [1.82, 2.24) is 14.1 Å². The van der Waals surface area contributed by atoms with E-state index in [9.17, 15) is 0 Å². The second-order valence-corrected chi connectivity index (χ2v) is 4.32. The van der Waals surface area contributed by atoms with Gasteiger partial charge in [-0.05, 0) is 38.8 Å². The van der Waals surface area contributed by atoms with Gasteiger partial charge in [0, 0.05) is 24.6 Å². The average molecular weight is 217 g/mol. The maximum atomic E-state index is 4.20. The predicted molar refractivity (Wildman–Crippen MR) is 65.6 cm³/mol. The number of imidazole rings is 1. The minimum absolute atomic E-state index is 0.911. The average Bonchev–Trinajstić information content (AvgIpc) is 2.81. The Hall–Kier alpha value is -1.51. The molecule has 0 saturated carbocycles. The second-order valence-electron chi connectivity index (χ2n) is 4.32. The highest BCUT2D eigenvalue weighted by atomic mass is 15.1. The number of aryl methyl sites for hydroxylation is 2. The van der Waals surface area contributed by atoms with E-state index in [-0.39, 0.29) is 0 Å². The molecule has 0 saturated heterocycles. The van der Waals surface area contributed by atoms with Gasteiger partial charge in [0.1, 0.15) is 0 Å². The molecular formula is C13H19N3. The van der Waals surface area contributed by atoms with Crippen LogP contribution in [0.2, 0.25) is 0 Å². The lowest BCUT2D eigenvalue weighted by molar-refractivity contribution is 0.661. The summed E-state index contributed by atoms with van der Waals surface area (Å²) in [6, 6.07) is 0. The van der Waals surface area contributed by atoms with E-state index in [0.29, 0.717) is 0 Å². The van der Waals surface area contributed by atoms with Crippen LogP contribution in [0.25, 0.3) is 0 Å². The van der Waals surface area contributed by atoms with Crippen molar-refractivity contribution in [1.29, 1.82) is 0 Å². The highest BCUT2D eigenvalue weighted by Gasteiger charge is 2.07. The van der Waals surface area contributed by atoms with Crippen molar-refractivity contribution in [3.05, 3.63) is 41.2 Å². The van der Waals surface area contributed by atoms with E-state index < -0.39 is 0 Å². The van der Waals surface area contributed by atoms with E-state index in [1.807, 2.05) is 12.5 Å². The van der Waals surface area contributed by atoms with Gasteiger partial charge in [-0.25, -0.2) is 4.98 Å². The number of hydrogen-bond donors (Lipinski definition) is 0. The molecule has 0 fully saturated rings. The molecule has 0 bridgehead atoms. The molecule has 86 valence electrons. The number of rotatable bonds is 3. The molecule has 0 unspecified atom stereocenters. The summed E-state index contributed by atoms with van der Waals surface area (Å²) in [6.45, 7) is 10.6. The first-order valence-electron chi connectivity index (χ1n) is 5.75. The zero-order chi connectivity index (χ0) is 11.7. The van der Waals surface area contributed by atoms with Gasteiger partial charge in [0.15, 0.2) is 0 Å². The second kappa shape index (κ2) is 4.16. The quantitative estimate of drug-likeness (QED) is 0.775. The first kappa shape index (κ1) is 11.0. The zero-order valence-electron chi connectivity index (χ0n) is 10.5. The van der Waals surface area contributed by atoms with Crippen LogP contribution in [-0.4, -0.2) is 14.1 Å². The summed E-state index contributed by atoms with van der Waals surface area (Å²) >= 11 is 0. The van der Waals surface area contributed by atoms with E-state index in [2.05, 4.69) is 48.0 Å². The monoisotopic (exact) mass is 217 g/mol. The summed E-state index contributed by atoms with van der Waals surface area (Å²) in [5.41, 5.74) is 5.37. The minimum Gasteiger partial charge on any atom is -0.345 e. The molecule has 0 aliphatic heterocycles. The third-order valence-electron chi connectivity index (χ3n) is 3.39. The molecular weight excluding hydrogens is 198 g/mol. The summed E-state index contributed by atoms with van der Waals surface area (Å²) in [5.74, 6) is 0. The van der Waals surface area contributed by atoms with Crippen molar-refractivity contribution in [2.75, 3.05) is 0 Å². The van der Waals surface area contributed by atoms with Gasteiger partial charge in [-0.15, -0.1) is 0 Å². The van der Waals surface area contributed by atoms with E-state index in [4.69, 9.17) is 0 Å². The van der Waals surface area contributed by atoms with Crippen LogP contribution in [0.1, 0.15) is 29.4 Å². The van der Waals surface area contributed by atoms with Gasteiger partial charge in [0.25, 0.3) is 0 Å². The summed E-state index contributed by atoms with van der Waals surface area (Å²) in [4.78, 5) is 4.20. The molecule has 0 aliphatic rings. The van der Waals surface area contributed by atoms with Crippen molar-refractivity contribution in [2.24, 2.45) is 0 Å². The summed E-state index contributed by atoms with van der Waals surface area (Å²) in [7, 11) is 0.